The maximum Gasteiger partial charge on any atom is 0.317 e. The van der Waals surface area contributed by atoms with E-state index in [0.29, 0.717) is 18.5 Å². The second-order valence-electron chi connectivity index (χ2n) is 9.14. The number of likely N-dealkylation sites (tertiary alicyclic amines) is 1. The summed E-state index contributed by atoms with van der Waals surface area (Å²) in [5.74, 6) is -1.34. The Balaban J connectivity index is 1.58. The molecule has 172 valence electrons. The molecule has 3 N–H and O–H groups in total. The lowest BCUT2D eigenvalue weighted by Gasteiger charge is -2.50. The third-order valence-corrected chi connectivity index (χ3v) is 6.52. The lowest BCUT2D eigenvalue weighted by Crippen LogP contribution is -2.66. The van der Waals surface area contributed by atoms with Gasteiger partial charge in [0.25, 0.3) is 0 Å². The topological polar surface area (TPSA) is 102 Å². The number of H-pyrrole nitrogens is 1. The van der Waals surface area contributed by atoms with Crippen molar-refractivity contribution in [2.24, 2.45) is 0 Å². The Morgan fingerprint density at radius 3 is 2.48 bits per heavy atom. The van der Waals surface area contributed by atoms with E-state index in [-0.39, 0.29) is 24.7 Å². The van der Waals surface area contributed by atoms with Gasteiger partial charge in [0.2, 0.25) is 5.91 Å². The molecule has 2 atom stereocenters. The Kier molecular flexibility index (Phi) is 6.08. The lowest BCUT2D eigenvalue weighted by molar-refractivity contribution is -0.157. The van der Waals surface area contributed by atoms with Crippen LogP contribution < -0.4 is 5.32 Å². The van der Waals surface area contributed by atoms with Crippen LogP contribution in [0.15, 0.2) is 48.7 Å². The molecule has 7 nitrogen and oxygen atoms in total. The first-order valence-electron chi connectivity index (χ1n) is 11.1. The van der Waals surface area contributed by atoms with E-state index in [4.69, 9.17) is 0 Å². The number of aryl methyl sites for hydroxylation is 2. The third kappa shape index (κ3) is 4.54. The fourth-order valence-corrected chi connectivity index (χ4v) is 4.76. The minimum Gasteiger partial charge on any atom is -0.480 e. The SMILES string of the molecule is Cc1cc(C)cc(CC(=O)N2CCC2(C)C(=O)C(NCC(=O)O)c2ccc3cc[nH]c3c2)c1. The number of aliphatic carboxylic acids is 1. The minimum atomic E-state index is -1.05. The van der Waals surface area contributed by atoms with Gasteiger partial charge in [-0.3, -0.25) is 19.7 Å². The number of nitrogens with one attached hydrogen (secondary N) is 2. The first-order valence-corrected chi connectivity index (χ1v) is 11.1. The highest BCUT2D eigenvalue weighted by atomic mass is 16.4. The van der Waals surface area contributed by atoms with Crippen molar-refractivity contribution in [3.8, 4) is 0 Å². The number of carbonyl (C=O) groups is 3. The molecule has 3 aromatic rings. The number of aromatic nitrogens is 1. The minimum absolute atomic E-state index is 0.0982. The van der Waals surface area contributed by atoms with E-state index in [9.17, 15) is 19.5 Å². The standard InChI is InChI=1S/C26H29N3O4/c1-16-10-17(2)12-18(11-16)13-22(30)29-9-7-26(29,3)25(33)24(28-15-23(31)32)20-5-4-19-6-8-27-21(19)14-20/h4-6,8,10-12,14,24,27-28H,7,9,13,15H2,1-3H3,(H,31,32). The van der Waals surface area contributed by atoms with E-state index in [1.165, 1.54) is 0 Å². The summed E-state index contributed by atoms with van der Waals surface area (Å²) < 4.78 is 0. The van der Waals surface area contributed by atoms with E-state index in [2.05, 4.69) is 16.4 Å². The Hall–Kier alpha value is -3.45. The first-order chi connectivity index (χ1) is 15.7. The van der Waals surface area contributed by atoms with Crippen LogP contribution in [0.1, 0.15) is 41.6 Å². The second kappa shape index (κ2) is 8.83. The van der Waals surface area contributed by atoms with Crippen molar-refractivity contribution in [3.63, 3.8) is 0 Å². The maximum absolute atomic E-state index is 13.8. The van der Waals surface area contributed by atoms with Crippen LogP contribution >= 0.6 is 0 Å². The number of ketones is 1. The molecule has 0 bridgehead atoms. The summed E-state index contributed by atoms with van der Waals surface area (Å²) in [5.41, 5.74) is 3.67. The van der Waals surface area contributed by atoms with E-state index in [1.807, 2.05) is 56.4 Å². The maximum atomic E-state index is 13.8. The average Bonchev–Trinajstić information content (AvgIpc) is 3.19. The van der Waals surface area contributed by atoms with Crippen molar-refractivity contribution in [1.82, 2.24) is 15.2 Å². The van der Waals surface area contributed by atoms with Crippen LogP contribution in [0.4, 0.5) is 0 Å². The van der Waals surface area contributed by atoms with E-state index in [0.717, 1.165) is 27.6 Å². The number of hydrogen-bond acceptors (Lipinski definition) is 4. The molecule has 2 unspecified atom stereocenters. The number of fused-ring (bicyclic) bond motifs is 1. The molecule has 1 aliphatic rings. The van der Waals surface area contributed by atoms with Gasteiger partial charge in [-0.2, -0.15) is 0 Å². The van der Waals surface area contributed by atoms with Crippen LogP contribution in [0, 0.1) is 13.8 Å². The number of hydrogen-bond donors (Lipinski definition) is 3. The third-order valence-electron chi connectivity index (χ3n) is 6.52. The molecule has 0 spiro atoms. The normalized spacial score (nSPS) is 18.7. The number of Topliss-reactive ketones (excluding diaryl/α,β-unsaturated/α-hetero) is 1. The van der Waals surface area contributed by atoms with E-state index < -0.39 is 17.6 Å². The quantitative estimate of drug-likeness (QED) is 0.492. The molecule has 2 aromatic carbocycles. The van der Waals surface area contributed by atoms with Crippen molar-refractivity contribution in [3.05, 3.63) is 70.9 Å². The summed E-state index contributed by atoms with van der Waals surface area (Å²) >= 11 is 0. The number of rotatable bonds is 8. The van der Waals surface area contributed by atoms with Gasteiger partial charge < -0.3 is 15.0 Å². The van der Waals surface area contributed by atoms with Gasteiger partial charge in [0.15, 0.2) is 5.78 Å². The number of carbonyl (C=O) groups excluding carboxylic acids is 2. The highest BCUT2D eigenvalue weighted by molar-refractivity contribution is 5.99. The van der Waals surface area contributed by atoms with Crippen LogP contribution in [0.3, 0.4) is 0 Å². The van der Waals surface area contributed by atoms with Crippen LogP contribution in [-0.4, -0.2) is 51.3 Å². The smallest absolute Gasteiger partial charge is 0.317 e. The van der Waals surface area contributed by atoms with Crippen molar-refractivity contribution in [2.75, 3.05) is 13.1 Å². The summed E-state index contributed by atoms with van der Waals surface area (Å²) in [5, 5.41) is 13.1. The van der Waals surface area contributed by atoms with Crippen LogP contribution in [0.2, 0.25) is 0 Å². The molecule has 1 aliphatic heterocycles. The Morgan fingerprint density at radius 1 is 1.12 bits per heavy atom. The molecular weight excluding hydrogens is 418 g/mol. The van der Waals surface area contributed by atoms with E-state index in [1.54, 1.807) is 11.8 Å². The highest BCUT2D eigenvalue weighted by Crippen LogP contribution is 2.36. The number of amides is 1. The highest BCUT2D eigenvalue weighted by Gasteiger charge is 2.51. The molecule has 1 saturated heterocycles. The molecule has 1 fully saturated rings. The number of nitrogens with zero attached hydrogens (tertiary/aromatic N) is 1. The molecule has 1 aromatic heterocycles. The van der Waals surface area contributed by atoms with Crippen molar-refractivity contribution in [2.45, 2.75) is 45.2 Å². The van der Waals surface area contributed by atoms with Crippen molar-refractivity contribution in [1.29, 1.82) is 0 Å². The van der Waals surface area contributed by atoms with E-state index >= 15 is 0 Å². The van der Waals surface area contributed by atoms with Gasteiger partial charge in [-0.25, -0.2) is 0 Å². The summed E-state index contributed by atoms with van der Waals surface area (Å²) in [6, 6.07) is 12.7. The summed E-state index contributed by atoms with van der Waals surface area (Å²) in [6.45, 7) is 5.93. The number of benzene rings is 2. The molecular formula is C26H29N3O4. The number of aromatic amines is 1. The molecule has 0 aliphatic carbocycles. The summed E-state index contributed by atoms with van der Waals surface area (Å²) in [6.07, 6.45) is 2.59. The van der Waals surface area contributed by atoms with Gasteiger partial charge in [0.05, 0.1) is 19.0 Å². The van der Waals surface area contributed by atoms with Crippen LogP contribution in [0.5, 0.6) is 0 Å². The predicted molar refractivity (Wildman–Crippen MR) is 126 cm³/mol. The molecule has 2 heterocycles. The molecule has 33 heavy (non-hydrogen) atoms. The van der Waals surface area contributed by atoms with Gasteiger partial charge >= 0.3 is 5.97 Å². The van der Waals surface area contributed by atoms with Crippen molar-refractivity contribution < 1.29 is 19.5 Å². The van der Waals surface area contributed by atoms with Crippen molar-refractivity contribution >= 4 is 28.6 Å². The monoisotopic (exact) mass is 447 g/mol. The lowest BCUT2D eigenvalue weighted by atomic mass is 9.77. The Morgan fingerprint density at radius 2 is 1.85 bits per heavy atom. The molecule has 0 radical (unpaired) electrons. The van der Waals surface area contributed by atoms with Gasteiger partial charge in [-0.05, 0) is 55.8 Å². The average molecular weight is 448 g/mol. The molecule has 1 amide bonds. The molecule has 4 rings (SSSR count). The largest absolute Gasteiger partial charge is 0.480 e. The van der Waals surface area contributed by atoms with Crippen LogP contribution in [-0.2, 0) is 20.8 Å². The zero-order chi connectivity index (χ0) is 23.8. The summed E-state index contributed by atoms with van der Waals surface area (Å²) in [7, 11) is 0. The number of carboxylic acids is 1. The zero-order valence-electron chi connectivity index (χ0n) is 19.1. The fourth-order valence-electron chi connectivity index (χ4n) is 4.76. The number of carboxylic acid groups (broad SMARTS) is 1. The Bertz CT molecular complexity index is 1210. The van der Waals surface area contributed by atoms with Gasteiger partial charge in [0.1, 0.15) is 5.54 Å². The van der Waals surface area contributed by atoms with Crippen LogP contribution in [0.25, 0.3) is 10.9 Å². The predicted octanol–water partition coefficient (Wildman–Crippen LogP) is 3.30. The fraction of sp³-hybridized carbons (Fsp3) is 0.346. The molecule has 7 heteroatoms. The van der Waals surface area contributed by atoms with Gasteiger partial charge in [-0.15, -0.1) is 0 Å². The van der Waals surface area contributed by atoms with Gasteiger partial charge in [0, 0.05) is 18.3 Å². The second-order valence-corrected chi connectivity index (χ2v) is 9.14. The summed E-state index contributed by atoms with van der Waals surface area (Å²) in [4.78, 5) is 42.9. The Labute approximate surface area is 192 Å². The first kappa shape index (κ1) is 22.7. The zero-order valence-corrected chi connectivity index (χ0v) is 19.1. The molecule has 0 saturated carbocycles. The van der Waals surface area contributed by atoms with Gasteiger partial charge in [-0.1, -0.05) is 41.5 Å².